The van der Waals surface area contributed by atoms with Crippen molar-refractivity contribution in [3.05, 3.63) is 95.6 Å². The van der Waals surface area contributed by atoms with Crippen molar-refractivity contribution < 1.29 is 27.5 Å². The van der Waals surface area contributed by atoms with Crippen LogP contribution >= 0.6 is 0 Å². The molecule has 1 aliphatic rings. The smallest absolute Gasteiger partial charge is 0.269 e. The van der Waals surface area contributed by atoms with Crippen molar-refractivity contribution >= 4 is 27.7 Å². The first-order valence-corrected chi connectivity index (χ1v) is 14.0. The fourth-order valence-electron chi connectivity index (χ4n) is 4.50. The molecule has 1 N–H and O–H groups in total. The first-order valence-electron chi connectivity index (χ1n) is 12.5. The van der Waals surface area contributed by atoms with Crippen molar-refractivity contribution in [1.82, 2.24) is 14.5 Å². The molecule has 4 rings (SSSR count). The van der Waals surface area contributed by atoms with E-state index in [1.807, 2.05) is 44.2 Å². The van der Waals surface area contributed by atoms with E-state index in [-0.39, 0.29) is 35.4 Å². The number of benzene rings is 3. The molecular weight excluding hydrogens is 518 g/mol. The number of nitrogens with one attached hydrogen (secondary N) is 1. The molecule has 3 aromatic rings. The number of methoxy groups -OCH3 is 1. The van der Waals surface area contributed by atoms with Crippen LogP contribution in [0.5, 0.6) is 5.75 Å². The number of hydrogen-bond acceptors (Lipinski definition) is 6. The molecule has 3 aromatic carbocycles. The predicted molar refractivity (Wildman–Crippen MR) is 145 cm³/mol. The summed E-state index contributed by atoms with van der Waals surface area (Å²) in [6, 6.07) is 21.0. The zero-order valence-corrected chi connectivity index (χ0v) is 22.9. The van der Waals surface area contributed by atoms with E-state index in [1.54, 1.807) is 30.3 Å². The van der Waals surface area contributed by atoms with Crippen molar-refractivity contribution in [2.24, 2.45) is 0 Å². The van der Waals surface area contributed by atoms with Gasteiger partial charge in [-0.05, 0) is 49.2 Å². The third-order valence-corrected chi connectivity index (χ3v) is 8.17. The van der Waals surface area contributed by atoms with Gasteiger partial charge in [-0.15, -0.1) is 0 Å². The normalized spacial score (nSPS) is 14.6. The molecule has 3 amide bonds. The van der Waals surface area contributed by atoms with Gasteiger partial charge in [-0.25, -0.2) is 12.7 Å². The second-order valence-corrected chi connectivity index (χ2v) is 11.4. The molecule has 9 nitrogen and oxygen atoms in total. The van der Waals surface area contributed by atoms with Gasteiger partial charge >= 0.3 is 0 Å². The maximum atomic E-state index is 13.9. The molecule has 0 spiro atoms. The van der Waals surface area contributed by atoms with Crippen LogP contribution in [-0.2, 0) is 32.6 Å². The van der Waals surface area contributed by atoms with Gasteiger partial charge in [0.1, 0.15) is 23.2 Å². The first kappa shape index (κ1) is 27.8. The molecule has 204 valence electrons. The number of rotatable bonds is 10. The van der Waals surface area contributed by atoms with Crippen LogP contribution < -0.4 is 10.1 Å². The van der Waals surface area contributed by atoms with Gasteiger partial charge in [0.25, 0.3) is 15.9 Å². The number of carbonyl (C=O) groups excluding carboxylic acids is 3. The molecule has 0 aromatic heterocycles. The maximum absolute atomic E-state index is 13.9. The number of amides is 3. The van der Waals surface area contributed by atoms with Gasteiger partial charge in [-0.2, -0.15) is 0 Å². The summed E-state index contributed by atoms with van der Waals surface area (Å²) in [6.07, 6.45) is 0.190. The standard InChI is InChI=1S/C29H31N3O6S/c1-20(2)30-28(34)25(17-21-10-5-4-6-11-21)31(18-22-12-9-13-23(16-22)38-3)27(33)19-32-29(35)24-14-7-8-15-26(24)39(32,36)37/h4-16,20,25H,17-19H2,1-3H3,(H,30,34)/t25-/m0/s1. The zero-order valence-electron chi connectivity index (χ0n) is 22.0. The molecular formula is C29H31N3O6S. The third kappa shape index (κ3) is 6.12. The van der Waals surface area contributed by atoms with Gasteiger partial charge in [0.15, 0.2) is 0 Å². The van der Waals surface area contributed by atoms with Gasteiger partial charge in [0.05, 0.1) is 12.7 Å². The minimum absolute atomic E-state index is 0.00588. The Morgan fingerprint density at radius 3 is 2.28 bits per heavy atom. The second-order valence-electron chi connectivity index (χ2n) is 9.55. The van der Waals surface area contributed by atoms with Gasteiger partial charge in [-0.1, -0.05) is 54.6 Å². The fraction of sp³-hybridized carbons (Fsp3) is 0.276. The third-order valence-electron chi connectivity index (χ3n) is 6.38. The maximum Gasteiger partial charge on any atom is 0.269 e. The highest BCUT2D eigenvalue weighted by atomic mass is 32.2. The summed E-state index contributed by atoms with van der Waals surface area (Å²) in [7, 11) is -2.69. The Morgan fingerprint density at radius 1 is 0.949 bits per heavy atom. The lowest BCUT2D eigenvalue weighted by Gasteiger charge is -2.33. The molecule has 0 unspecified atom stereocenters. The highest BCUT2D eigenvalue weighted by Crippen LogP contribution is 2.30. The molecule has 0 saturated carbocycles. The Bertz CT molecular complexity index is 1470. The molecule has 0 bridgehead atoms. The largest absolute Gasteiger partial charge is 0.497 e. The molecule has 0 saturated heterocycles. The highest BCUT2D eigenvalue weighted by Gasteiger charge is 2.43. The molecule has 1 heterocycles. The van der Waals surface area contributed by atoms with Crippen LogP contribution in [0.3, 0.4) is 0 Å². The Morgan fingerprint density at radius 2 is 1.62 bits per heavy atom. The number of carbonyl (C=O) groups is 3. The SMILES string of the molecule is COc1cccc(CN(C(=O)CN2C(=O)c3ccccc3S2(=O)=O)[C@@H](Cc2ccccc2)C(=O)NC(C)C)c1. The highest BCUT2D eigenvalue weighted by molar-refractivity contribution is 7.90. The Labute approximate surface area is 228 Å². The van der Waals surface area contributed by atoms with Gasteiger partial charge in [0, 0.05) is 19.0 Å². The second kappa shape index (κ2) is 11.7. The van der Waals surface area contributed by atoms with Crippen LogP contribution in [0.4, 0.5) is 0 Å². The van der Waals surface area contributed by atoms with E-state index in [2.05, 4.69) is 5.32 Å². The van der Waals surface area contributed by atoms with E-state index >= 15 is 0 Å². The van der Waals surface area contributed by atoms with Gasteiger partial charge < -0.3 is 15.0 Å². The van der Waals surface area contributed by atoms with Crippen LogP contribution in [-0.4, -0.2) is 61.1 Å². The number of sulfonamides is 1. The van der Waals surface area contributed by atoms with Crippen molar-refractivity contribution in [2.45, 2.75) is 43.8 Å². The summed E-state index contributed by atoms with van der Waals surface area (Å²) < 4.78 is 32.3. The lowest BCUT2D eigenvalue weighted by Crippen LogP contribution is -2.54. The van der Waals surface area contributed by atoms with Crippen LogP contribution in [0.2, 0.25) is 0 Å². The minimum atomic E-state index is -4.22. The lowest BCUT2D eigenvalue weighted by molar-refractivity contribution is -0.141. The van der Waals surface area contributed by atoms with E-state index in [1.165, 1.54) is 30.2 Å². The Hall–Kier alpha value is -4.18. The van der Waals surface area contributed by atoms with Crippen LogP contribution in [0, 0.1) is 0 Å². The Kier molecular flexibility index (Phi) is 8.35. The molecule has 10 heteroatoms. The monoisotopic (exact) mass is 549 g/mol. The van der Waals surface area contributed by atoms with Crippen LogP contribution in [0.1, 0.15) is 35.3 Å². The first-order chi connectivity index (χ1) is 18.6. The molecule has 0 aliphatic carbocycles. The summed E-state index contributed by atoms with van der Waals surface area (Å²) in [6.45, 7) is 2.89. The quantitative estimate of drug-likeness (QED) is 0.416. The van der Waals surface area contributed by atoms with Crippen LogP contribution in [0.15, 0.2) is 83.8 Å². The van der Waals surface area contributed by atoms with Gasteiger partial charge in [0.2, 0.25) is 11.8 Å². The molecule has 1 aliphatic heterocycles. The number of fused-ring (bicyclic) bond motifs is 1. The van der Waals surface area contributed by atoms with Crippen LogP contribution in [0.25, 0.3) is 0 Å². The lowest BCUT2D eigenvalue weighted by atomic mass is 10.0. The van der Waals surface area contributed by atoms with Crippen molar-refractivity contribution in [1.29, 1.82) is 0 Å². The van der Waals surface area contributed by atoms with Crippen molar-refractivity contribution in [3.63, 3.8) is 0 Å². The number of nitrogens with zero attached hydrogens (tertiary/aromatic N) is 2. The molecule has 0 fully saturated rings. The van der Waals surface area contributed by atoms with Crippen molar-refractivity contribution in [3.8, 4) is 5.75 Å². The van der Waals surface area contributed by atoms with E-state index in [4.69, 9.17) is 4.74 Å². The average Bonchev–Trinajstić information content (AvgIpc) is 3.11. The number of ether oxygens (including phenoxy) is 1. The van der Waals surface area contributed by atoms with E-state index in [9.17, 15) is 22.8 Å². The van der Waals surface area contributed by atoms with E-state index < -0.39 is 34.4 Å². The molecule has 0 radical (unpaired) electrons. The Balaban J connectivity index is 1.72. The average molecular weight is 550 g/mol. The summed E-state index contributed by atoms with van der Waals surface area (Å²) in [4.78, 5) is 41.6. The number of hydrogen-bond donors (Lipinski definition) is 1. The van der Waals surface area contributed by atoms with Crippen molar-refractivity contribution in [2.75, 3.05) is 13.7 Å². The summed E-state index contributed by atoms with van der Waals surface area (Å²) in [5, 5.41) is 2.88. The van der Waals surface area contributed by atoms with E-state index in [0.29, 0.717) is 15.6 Å². The van der Waals surface area contributed by atoms with Gasteiger partial charge in [-0.3, -0.25) is 14.4 Å². The summed E-state index contributed by atoms with van der Waals surface area (Å²) >= 11 is 0. The topological polar surface area (TPSA) is 113 Å². The summed E-state index contributed by atoms with van der Waals surface area (Å²) in [5.41, 5.74) is 1.52. The minimum Gasteiger partial charge on any atom is -0.497 e. The van der Waals surface area contributed by atoms with E-state index in [0.717, 1.165) is 5.56 Å². The zero-order chi connectivity index (χ0) is 28.2. The summed E-state index contributed by atoms with van der Waals surface area (Å²) in [5.74, 6) is -1.27. The molecule has 39 heavy (non-hydrogen) atoms. The fourth-order valence-corrected chi connectivity index (χ4v) is 6.02. The molecule has 1 atom stereocenters. The predicted octanol–water partition coefficient (Wildman–Crippen LogP) is 3.00.